The van der Waals surface area contributed by atoms with Crippen LogP contribution in [0.25, 0.3) is 11.1 Å². The predicted molar refractivity (Wildman–Crippen MR) is 110 cm³/mol. The molecule has 1 amide bonds. The van der Waals surface area contributed by atoms with Crippen molar-refractivity contribution in [2.75, 3.05) is 18.2 Å². The molecule has 11 heteroatoms. The van der Waals surface area contributed by atoms with Crippen molar-refractivity contribution in [3.05, 3.63) is 71.3 Å². The van der Waals surface area contributed by atoms with Crippen LogP contribution in [-0.4, -0.2) is 37.6 Å². The standard InChI is InChI=1S/C20H15ClF3N3O3S/c1-27(17-11-25-7-5-15(17)16-4-3-6-26-18(16)21)19(28)12-8-13(20(22,23)24)10-14(9-12)31(2,29)30/h3-11H,1-2H3. The molecule has 2 heterocycles. The number of benzene rings is 1. The van der Waals surface area contributed by atoms with E-state index in [1.54, 1.807) is 18.2 Å². The lowest BCUT2D eigenvalue weighted by Gasteiger charge is -2.21. The number of hydrogen-bond donors (Lipinski definition) is 0. The van der Waals surface area contributed by atoms with Crippen molar-refractivity contribution in [1.82, 2.24) is 9.97 Å². The van der Waals surface area contributed by atoms with Gasteiger partial charge in [-0.25, -0.2) is 13.4 Å². The number of carbonyl (C=O) groups is 1. The molecule has 31 heavy (non-hydrogen) atoms. The number of amides is 1. The minimum Gasteiger partial charge on any atom is -0.309 e. The lowest BCUT2D eigenvalue weighted by atomic mass is 10.1. The highest BCUT2D eigenvalue weighted by Gasteiger charge is 2.33. The first-order valence-electron chi connectivity index (χ1n) is 8.65. The van der Waals surface area contributed by atoms with Gasteiger partial charge in [-0.3, -0.25) is 9.78 Å². The highest BCUT2D eigenvalue weighted by molar-refractivity contribution is 7.90. The lowest BCUT2D eigenvalue weighted by Crippen LogP contribution is -2.27. The fourth-order valence-corrected chi connectivity index (χ4v) is 3.77. The fraction of sp³-hybridized carbons (Fsp3) is 0.150. The summed E-state index contributed by atoms with van der Waals surface area (Å²) in [5.74, 6) is -0.856. The lowest BCUT2D eigenvalue weighted by molar-refractivity contribution is -0.137. The molecule has 2 aromatic heterocycles. The molecule has 1 aromatic carbocycles. The van der Waals surface area contributed by atoms with E-state index in [4.69, 9.17) is 11.6 Å². The Kier molecular flexibility index (Phi) is 6.06. The number of hydrogen-bond acceptors (Lipinski definition) is 5. The largest absolute Gasteiger partial charge is 0.416 e. The molecule has 0 atom stereocenters. The second-order valence-corrected chi connectivity index (χ2v) is 8.99. The molecule has 0 aliphatic heterocycles. The van der Waals surface area contributed by atoms with Gasteiger partial charge >= 0.3 is 6.18 Å². The maximum absolute atomic E-state index is 13.3. The van der Waals surface area contributed by atoms with E-state index in [0.717, 1.165) is 17.2 Å². The smallest absolute Gasteiger partial charge is 0.309 e. The summed E-state index contributed by atoms with van der Waals surface area (Å²) < 4.78 is 63.7. The number of rotatable bonds is 4. The van der Waals surface area contributed by atoms with Gasteiger partial charge in [0.25, 0.3) is 5.91 Å². The van der Waals surface area contributed by atoms with Crippen LogP contribution >= 0.6 is 11.6 Å². The van der Waals surface area contributed by atoms with Gasteiger partial charge in [0.2, 0.25) is 0 Å². The predicted octanol–water partition coefficient (Wildman–Crippen LogP) is 4.50. The zero-order valence-corrected chi connectivity index (χ0v) is 17.8. The van der Waals surface area contributed by atoms with Crippen LogP contribution in [0.1, 0.15) is 15.9 Å². The molecule has 3 aromatic rings. The summed E-state index contributed by atoms with van der Waals surface area (Å²) in [5, 5.41) is 0.161. The van der Waals surface area contributed by atoms with Gasteiger partial charge in [-0.2, -0.15) is 13.2 Å². The van der Waals surface area contributed by atoms with Gasteiger partial charge in [-0.15, -0.1) is 0 Å². The van der Waals surface area contributed by atoms with E-state index in [1.807, 2.05) is 0 Å². The summed E-state index contributed by atoms with van der Waals surface area (Å²) >= 11 is 6.15. The Morgan fingerprint density at radius 2 is 1.81 bits per heavy atom. The van der Waals surface area contributed by atoms with Crippen LogP contribution in [0.4, 0.5) is 18.9 Å². The first-order chi connectivity index (χ1) is 14.4. The first kappa shape index (κ1) is 22.7. The molecule has 6 nitrogen and oxygen atoms in total. The molecule has 0 aliphatic carbocycles. The van der Waals surface area contributed by atoms with Crippen molar-refractivity contribution >= 4 is 33.0 Å². The van der Waals surface area contributed by atoms with Crippen LogP contribution in [0.15, 0.2) is 59.9 Å². The van der Waals surface area contributed by atoms with Crippen molar-refractivity contribution < 1.29 is 26.4 Å². The first-order valence-corrected chi connectivity index (χ1v) is 10.9. The molecule has 0 bridgehead atoms. The van der Waals surface area contributed by atoms with Crippen LogP contribution in [0, 0.1) is 0 Å². The normalized spacial score (nSPS) is 11.9. The van der Waals surface area contributed by atoms with Crippen LogP contribution in [-0.2, 0) is 16.0 Å². The van der Waals surface area contributed by atoms with Gasteiger partial charge in [0, 0.05) is 42.4 Å². The van der Waals surface area contributed by atoms with E-state index < -0.39 is 37.9 Å². The van der Waals surface area contributed by atoms with Crippen LogP contribution in [0.3, 0.4) is 0 Å². The third kappa shape index (κ3) is 4.86. The highest BCUT2D eigenvalue weighted by Crippen LogP contribution is 2.35. The number of pyridine rings is 2. The summed E-state index contributed by atoms with van der Waals surface area (Å²) in [6, 6.07) is 6.90. The number of anilines is 1. The molecule has 0 radical (unpaired) electrons. The number of aromatic nitrogens is 2. The molecule has 0 N–H and O–H groups in total. The number of halogens is 4. The van der Waals surface area contributed by atoms with Gasteiger partial charge in [-0.1, -0.05) is 11.6 Å². The zero-order chi connectivity index (χ0) is 23.0. The van der Waals surface area contributed by atoms with Gasteiger partial charge in [0.1, 0.15) is 5.15 Å². The average Bonchev–Trinajstić information content (AvgIpc) is 2.71. The molecular weight excluding hydrogens is 455 g/mol. The Labute approximate surface area is 181 Å². The van der Waals surface area contributed by atoms with Gasteiger partial charge in [0.05, 0.1) is 22.3 Å². The minimum absolute atomic E-state index is 0.161. The molecular formula is C20H15ClF3N3O3S. The number of sulfone groups is 1. The van der Waals surface area contributed by atoms with Crippen molar-refractivity contribution in [2.24, 2.45) is 0 Å². The summed E-state index contributed by atoms with van der Waals surface area (Å²) in [4.78, 5) is 21.5. The SMILES string of the molecule is CN(C(=O)c1cc(C(F)(F)F)cc(S(C)(=O)=O)c1)c1cnccc1-c1cccnc1Cl. The van der Waals surface area contributed by atoms with E-state index >= 15 is 0 Å². The van der Waals surface area contributed by atoms with Crippen LogP contribution < -0.4 is 4.90 Å². The fourth-order valence-electron chi connectivity index (χ4n) is 2.87. The van der Waals surface area contributed by atoms with Crippen molar-refractivity contribution in [1.29, 1.82) is 0 Å². The van der Waals surface area contributed by atoms with E-state index in [2.05, 4.69) is 9.97 Å². The van der Waals surface area contributed by atoms with Crippen LogP contribution in [0.2, 0.25) is 5.15 Å². The maximum Gasteiger partial charge on any atom is 0.416 e. The second kappa shape index (κ2) is 8.27. The second-order valence-electron chi connectivity index (χ2n) is 6.61. The third-order valence-corrected chi connectivity index (χ3v) is 5.82. The van der Waals surface area contributed by atoms with Gasteiger partial charge in [0.15, 0.2) is 9.84 Å². The number of nitrogens with zero attached hydrogens (tertiary/aromatic N) is 3. The quantitative estimate of drug-likeness (QED) is 0.526. The highest BCUT2D eigenvalue weighted by atomic mass is 35.5. The molecule has 0 saturated carbocycles. The number of alkyl halides is 3. The van der Waals surface area contributed by atoms with Gasteiger partial charge in [-0.05, 0) is 36.4 Å². The number of carbonyl (C=O) groups excluding carboxylic acids is 1. The molecule has 0 saturated heterocycles. The Bertz CT molecular complexity index is 1260. The van der Waals surface area contributed by atoms with Crippen LogP contribution in [0.5, 0.6) is 0 Å². The molecule has 0 unspecified atom stereocenters. The van der Waals surface area contributed by atoms with E-state index in [-0.39, 0.29) is 10.8 Å². The topological polar surface area (TPSA) is 80.2 Å². The zero-order valence-electron chi connectivity index (χ0n) is 16.2. The van der Waals surface area contributed by atoms with E-state index in [1.165, 1.54) is 25.6 Å². The van der Waals surface area contributed by atoms with Gasteiger partial charge < -0.3 is 4.90 Å². The summed E-state index contributed by atoms with van der Waals surface area (Å²) in [6.07, 6.45) is 0.228. The molecule has 3 rings (SSSR count). The van der Waals surface area contributed by atoms with Crippen molar-refractivity contribution in [3.63, 3.8) is 0 Å². The Balaban J connectivity index is 2.13. The van der Waals surface area contributed by atoms with Crippen molar-refractivity contribution in [3.8, 4) is 11.1 Å². The van der Waals surface area contributed by atoms with E-state index in [9.17, 15) is 26.4 Å². The minimum atomic E-state index is -4.84. The summed E-state index contributed by atoms with van der Waals surface area (Å²) in [7, 11) is -2.66. The monoisotopic (exact) mass is 469 g/mol. The molecule has 0 spiro atoms. The molecule has 0 fully saturated rings. The average molecular weight is 470 g/mol. The van der Waals surface area contributed by atoms with E-state index in [0.29, 0.717) is 23.3 Å². The Morgan fingerprint density at radius 1 is 1.10 bits per heavy atom. The molecule has 0 aliphatic rings. The summed E-state index contributed by atoms with van der Waals surface area (Å²) in [5.41, 5.74) is -0.471. The Morgan fingerprint density at radius 3 is 2.42 bits per heavy atom. The maximum atomic E-state index is 13.3. The molecule has 162 valence electrons. The van der Waals surface area contributed by atoms with Crippen molar-refractivity contribution in [2.45, 2.75) is 11.1 Å². The summed E-state index contributed by atoms with van der Waals surface area (Å²) in [6.45, 7) is 0. The Hall–Kier alpha value is -2.98. The third-order valence-electron chi connectivity index (χ3n) is 4.42.